The average Bonchev–Trinajstić information content (AvgIpc) is 2.46. The van der Waals surface area contributed by atoms with Crippen LogP contribution >= 0.6 is 12.4 Å². The highest BCUT2D eigenvalue weighted by atomic mass is 35.5. The lowest BCUT2D eigenvalue weighted by atomic mass is 10.0. The molecular formula is C15H26ClN3O3S. The predicted octanol–water partition coefficient (Wildman–Crippen LogP) is 1.57. The summed E-state index contributed by atoms with van der Waals surface area (Å²) in [7, 11) is -2.08. The molecule has 1 aromatic rings. The first-order valence-electron chi connectivity index (χ1n) is 7.26. The Labute approximate surface area is 144 Å². The number of amides is 1. The minimum atomic E-state index is -3.45. The molecule has 0 aliphatic rings. The van der Waals surface area contributed by atoms with Crippen LogP contribution in [0.1, 0.15) is 38.8 Å². The van der Waals surface area contributed by atoms with Crippen LogP contribution < -0.4 is 15.8 Å². The number of rotatable bonds is 7. The van der Waals surface area contributed by atoms with E-state index in [2.05, 4.69) is 10.0 Å². The van der Waals surface area contributed by atoms with Crippen molar-refractivity contribution in [2.75, 3.05) is 7.05 Å². The molecule has 1 amide bonds. The minimum absolute atomic E-state index is 0. The van der Waals surface area contributed by atoms with Gasteiger partial charge in [-0.2, -0.15) is 0 Å². The topological polar surface area (TPSA) is 101 Å². The Morgan fingerprint density at radius 3 is 2.13 bits per heavy atom. The summed E-state index contributed by atoms with van der Waals surface area (Å²) in [6.45, 7) is 5.86. The maximum absolute atomic E-state index is 12.0. The zero-order chi connectivity index (χ0) is 16.9. The molecule has 0 aliphatic carbocycles. The fourth-order valence-electron chi connectivity index (χ4n) is 2.07. The van der Waals surface area contributed by atoms with Crippen LogP contribution in [0.3, 0.4) is 0 Å². The van der Waals surface area contributed by atoms with E-state index in [4.69, 9.17) is 5.73 Å². The largest absolute Gasteiger partial charge is 0.348 e. The summed E-state index contributed by atoms with van der Waals surface area (Å²) >= 11 is 0. The Balaban J connectivity index is 0.00000484. The number of carbonyl (C=O) groups is 1. The number of sulfonamides is 1. The zero-order valence-electron chi connectivity index (χ0n) is 13.9. The Bertz CT molecular complexity index is 603. The molecule has 8 heteroatoms. The van der Waals surface area contributed by atoms with E-state index in [-0.39, 0.29) is 29.3 Å². The van der Waals surface area contributed by atoms with Crippen molar-refractivity contribution in [3.05, 3.63) is 29.8 Å². The van der Waals surface area contributed by atoms with Gasteiger partial charge in [0.25, 0.3) is 0 Å². The van der Waals surface area contributed by atoms with Crippen molar-refractivity contribution in [3.8, 4) is 0 Å². The van der Waals surface area contributed by atoms with Crippen molar-refractivity contribution >= 4 is 28.3 Å². The summed E-state index contributed by atoms with van der Waals surface area (Å²) in [6, 6.07) is 5.62. The van der Waals surface area contributed by atoms with Crippen LogP contribution in [-0.4, -0.2) is 27.4 Å². The molecule has 6 nitrogen and oxygen atoms in total. The molecule has 1 aromatic carbocycles. The van der Waals surface area contributed by atoms with E-state index in [1.807, 2.05) is 20.8 Å². The summed E-state index contributed by atoms with van der Waals surface area (Å²) in [5.41, 5.74) is 6.66. The number of nitrogens with two attached hydrogens (primary N) is 1. The Morgan fingerprint density at radius 2 is 1.70 bits per heavy atom. The first kappa shape index (κ1) is 21.9. The van der Waals surface area contributed by atoms with E-state index in [0.717, 1.165) is 5.56 Å². The van der Waals surface area contributed by atoms with Gasteiger partial charge in [0.1, 0.15) is 0 Å². The molecule has 23 heavy (non-hydrogen) atoms. The molecular weight excluding hydrogens is 338 g/mol. The molecule has 132 valence electrons. The second-order valence-corrected chi connectivity index (χ2v) is 7.63. The van der Waals surface area contributed by atoms with E-state index in [1.165, 1.54) is 19.2 Å². The van der Waals surface area contributed by atoms with E-state index >= 15 is 0 Å². The van der Waals surface area contributed by atoms with Gasteiger partial charge < -0.3 is 11.1 Å². The third-order valence-corrected chi connectivity index (χ3v) is 4.81. The van der Waals surface area contributed by atoms with Crippen LogP contribution in [0.5, 0.6) is 0 Å². The second kappa shape index (κ2) is 9.22. The fraction of sp³-hybridized carbons (Fsp3) is 0.533. The van der Waals surface area contributed by atoms with Crippen molar-refractivity contribution in [3.63, 3.8) is 0 Å². The SMILES string of the molecule is CNS(=O)(=O)c1ccc(C(C)NC(=O)[C@@H](N)CC(C)C)cc1.Cl. The van der Waals surface area contributed by atoms with Gasteiger partial charge in [-0.05, 0) is 44.0 Å². The average molecular weight is 364 g/mol. The van der Waals surface area contributed by atoms with Gasteiger partial charge in [-0.15, -0.1) is 12.4 Å². The summed E-state index contributed by atoms with van der Waals surface area (Å²) < 4.78 is 25.6. The van der Waals surface area contributed by atoms with Crippen molar-refractivity contribution in [1.82, 2.24) is 10.0 Å². The van der Waals surface area contributed by atoms with Crippen molar-refractivity contribution < 1.29 is 13.2 Å². The quantitative estimate of drug-likeness (QED) is 0.684. The maximum atomic E-state index is 12.0. The normalized spacial score (nSPS) is 14.0. The molecule has 4 N–H and O–H groups in total. The lowest BCUT2D eigenvalue weighted by Gasteiger charge is -2.19. The number of hydrogen-bond donors (Lipinski definition) is 3. The standard InChI is InChI=1S/C15H25N3O3S.ClH/c1-10(2)9-14(16)15(19)18-11(3)12-5-7-13(8-6-12)22(20,21)17-4;/h5-8,10-11,14,17H,9,16H2,1-4H3,(H,18,19);1H/t11?,14-;/m0./s1. The van der Waals surface area contributed by atoms with E-state index in [0.29, 0.717) is 12.3 Å². The molecule has 1 unspecified atom stereocenters. The first-order chi connectivity index (χ1) is 10.2. The van der Waals surface area contributed by atoms with Crippen LogP contribution in [0.2, 0.25) is 0 Å². The molecule has 0 spiro atoms. The number of hydrogen-bond acceptors (Lipinski definition) is 4. The summed E-state index contributed by atoms with van der Waals surface area (Å²) in [6.07, 6.45) is 0.623. The zero-order valence-corrected chi connectivity index (χ0v) is 15.5. The van der Waals surface area contributed by atoms with Gasteiger partial charge in [0.2, 0.25) is 15.9 Å². The molecule has 0 heterocycles. The van der Waals surface area contributed by atoms with Crippen molar-refractivity contribution in [1.29, 1.82) is 0 Å². The van der Waals surface area contributed by atoms with Crippen LogP contribution in [0, 0.1) is 5.92 Å². The molecule has 1 rings (SSSR count). The van der Waals surface area contributed by atoms with Crippen LogP contribution in [0.25, 0.3) is 0 Å². The van der Waals surface area contributed by atoms with Gasteiger partial charge in [-0.1, -0.05) is 26.0 Å². The van der Waals surface area contributed by atoms with Crippen LogP contribution in [-0.2, 0) is 14.8 Å². The Morgan fingerprint density at radius 1 is 1.17 bits per heavy atom. The third-order valence-electron chi connectivity index (χ3n) is 3.38. The molecule has 0 bridgehead atoms. The predicted molar refractivity (Wildman–Crippen MR) is 93.9 cm³/mol. The number of nitrogens with one attached hydrogen (secondary N) is 2. The van der Waals surface area contributed by atoms with E-state index in [1.54, 1.807) is 12.1 Å². The minimum Gasteiger partial charge on any atom is -0.348 e. The van der Waals surface area contributed by atoms with Gasteiger partial charge >= 0.3 is 0 Å². The molecule has 0 fully saturated rings. The summed E-state index contributed by atoms with van der Waals surface area (Å²) in [5, 5.41) is 2.84. The smallest absolute Gasteiger partial charge is 0.240 e. The molecule has 2 atom stereocenters. The number of carbonyl (C=O) groups excluding carboxylic acids is 1. The van der Waals surface area contributed by atoms with Gasteiger partial charge in [0, 0.05) is 0 Å². The number of benzene rings is 1. The lowest BCUT2D eigenvalue weighted by molar-refractivity contribution is -0.123. The first-order valence-corrected chi connectivity index (χ1v) is 8.75. The molecule has 0 saturated heterocycles. The highest BCUT2D eigenvalue weighted by Crippen LogP contribution is 2.16. The van der Waals surface area contributed by atoms with Gasteiger partial charge in [-0.3, -0.25) is 4.79 Å². The highest BCUT2D eigenvalue weighted by molar-refractivity contribution is 7.89. The monoisotopic (exact) mass is 363 g/mol. The Kier molecular flexibility index (Phi) is 8.76. The highest BCUT2D eigenvalue weighted by Gasteiger charge is 2.18. The Hall–Kier alpha value is -1.15. The maximum Gasteiger partial charge on any atom is 0.240 e. The van der Waals surface area contributed by atoms with Gasteiger partial charge in [0.05, 0.1) is 17.0 Å². The van der Waals surface area contributed by atoms with Crippen LogP contribution in [0.4, 0.5) is 0 Å². The van der Waals surface area contributed by atoms with E-state index in [9.17, 15) is 13.2 Å². The number of halogens is 1. The lowest BCUT2D eigenvalue weighted by Crippen LogP contribution is -2.42. The molecule has 0 saturated carbocycles. The van der Waals surface area contributed by atoms with Gasteiger partial charge in [-0.25, -0.2) is 13.1 Å². The molecule has 0 radical (unpaired) electrons. The van der Waals surface area contributed by atoms with E-state index < -0.39 is 16.1 Å². The molecule has 0 aromatic heterocycles. The third kappa shape index (κ3) is 6.47. The summed E-state index contributed by atoms with van der Waals surface area (Å²) in [5.74, 6) is 0.148. The molecule has 0 aliphatic heterocycles. The van der Waals surface area contributed by atoms with Crippen molar-refractivity contribution in [2.45, 2.75) is 44.2 Å². The fourth-order valence-corrected chi connectivity index (χ4v) is 2.80. The van der Waals surface area contributed by atoms with Gasteiger partial charge in [0.15, 0.2) is 0 Å². The van der Waals surface area contributed by atoms with Crippen molar-refractivity contribution in [2.24, 2.45) is 11.7 Å². The summed E-state index contributed by atoms with van der Waals surface area (Å²) in [4.78, 5) is 12.2. The van der Waals surface area contributed by atoms with Crippen LogP contribution in [0.15, 0.2) is 29.2 Å². The second-order valence-electron chi connectivity index (χ2n) is 5.74.